The number of nitrogens with one attached hydrogen (secondary N) is 1. The molecular weight excluding hydrogens is 358 g/mol. The molecule has 2 aromatic heterocycles. The first kappa shape index (κ1) is 19.2. The Balaban J connectivity index is 0.000000167. The SMILES string of the molecule is CC(=O)NCC(=O)c1cnc2c(c1)C=CC2.O=C(O)c1cnc2c(c1)C=CC2. The number of nitrogens with zero attached hydrogens (tertiary/aromatic N) is 2. The lowest BCUT2D eigenvalue weighted by atomic mass is 10.1. The summed E-state index contributed by atoms with van der Waals surface area (Å²) in [4.78, 5) is 41.1. The van der Waals surface area contributed by atoms with Crippen molar-refractivity contribution >= 4 is 29.8 Å². The van der Waals surface area contributed by atoms with Crippen molar-refractivity contribution < 1.29 is 19.5 Å². The van der Waals surface area contributed by atoms with Crippen molar-refractivity contribution in [2.75, 3.05) is 6.54 Å². The van der Waals surface area contributed by atoms with E-state index in [2.05, 4.69) is 15.3 Å². The Hall–Kier alpha value is -3.61. The van der Waals surface area contributed by atoms with Gasteiger partial charge in [0.2, 0.25) is 5.91 Å². The number of carbonyl (C=O) groups is 3. The van der Waals surface area contributed by atoms with Gasteiger partial charge < -0.3 is 10.4 Å². The fourth-order valence-electron chi connectivity index (χ4n) is 2.82. The van der Waals surface area contributed by atoms with Gasteiger partial charge in [-0.05, 0) is 23.3 Å². The molecule has 0 atom stereocenters. The van der Waals surface area contributed by atoms with Crippen LogP contribution < -0.4 is 5.32 Å². The molecule has 0 unspecified atom stereocenters. The number of pyridine rings is 2. The Kier molecular flexibility index (Phi) is 5.74. The number of carboxylic acid groups (broad SMARTS) is 1. The number of ketones is 1. The second-order valence-corrected chi connectivity index (χ2v) is 6.37. The number of allylic oxidation sites excluding steroid dienone is 2. The molecular formula is C21H19N3O4. The monoisotopic (exact) mass is 377 g/mol. The van der Waals surface area contributed by atoms with Gasteiger partial charge in [0.15, 0.2) is 5.78 Å². The first-order valence-electron chi connectivity index (χ1n) is 8.76. The fraction of sp³-hybridized carbons (Fsp3) is 0.190. The van der Waals surface area contributed by atoms with Crippen molar-refractivity contribution in [1.82, 2.24) is 15.3 Å². The zero-order valence-electron chi connectivity index (χ0n) is 15.3. The number of fused-ring (bicyclic) bond motifs is 2. The Morgan fingerprint density at radius 2 is 1.50 bits per heavy atom. The molecule has 0 radical (unpaired) electrons. The molecule has 0 fully saturated rings. The first-order valence-corrected chi connectivity index (χ1v) is 8.76. The molecule has 0 aliphatic heterocycles. The molecule has 2 heterocycles. The summed E-state index contributed by atoms with van der Waals surface area (Å²) in [5, 5.41) is 11.1. The molecule has 2 aliphatic carbocycles. The van der Waals surface area contributed by atoms with Gasteiger partial charge in [-0.25, -0.2) is 4.79 Å². The molecule has 7 nitrogen and oxygen atoms in total. The van der Waals surface area contributed by atoms with Crippen LogP contribution in [0.1, 0.15) is 50.2 Å². The van der Waals surface area contributed by atoms with Gasteiger partial charge in [0, 0.05) is 37.7 Å². The third kappa shape index (κ3) is 4.56. The molecule has 2 aliphatic rings. The van der Waals surface area contributed by atoms with Gasteiger partial charge in [-0.3, -0.25) is 19.6 Å². The largest absolute Gasteiger partial charge is 0.478 e. The van der Waals surface area contributed by atoms with Crippen LogP contribution in [-0.4, -0.2) is 39.3 Å². The topological polar surface area (TPSA) is 109 Å². The minimum atomic E-state index is -0.925. The van der Waals surface area contributed by atoms with E-state index in [4.69, 9.17) is 5.11 Å². The Labute approximate surface area is 161 Å². The third-order valence-electron chi connectivity index (χ3n) is 4.29. The third-order valence-corrected chi connectivity index (χ3v) is 4.29. The van der Waals surface area contributed by atoms with Gasteiger partial charge in [0.1, 0.15) is 0 Å². The molecule has 2 aromatic rings. The van der Waals surface area contributed by atoms with Gasteiger partial charge in [0.05, 0.1) is 23.5 Å². The van der Waals surface area contributed by atoms with Gasteiger partial charge >= 0.3 is 5.97 Å². The lowest BCUT2D eigenvalue weighted by Crippen LogP contribution is -2.27. The van der Waals surface area contributed by atoms with Crippen LogP contribution in [0.2, 0.25) is 0 Å². The van der Waals surface area contributed by atoms with Gasteiger partial charge in [0.25, 0.3) is 0 Å². The Bertz CT molecular complexity index is 1010. The van der Waals surface area contributed by atoms with Crippen molar-refractivity contribution in [3.05, 3.63) is 70.3 Å². The van der Waals surface area contributed by atoms with Crippen LogP contribution in [0.3, 0.4) is 0 Å². The van der Waals surface area contributed by atoms with Crippen LogP contribution in [0, 0.1) is 0 Å². The van der Waals surface area contributed by atoms with Crippen LogP contribution in [0.15, 0.2) is 36.7 Å². The standard InChI is InChI=1S/C12H12N2O2.C9H7NO2/c1-8(15)13-7-12(16)10-5-9-3-2-4-11(9)14-6-10;11-9(12)7-4-6-2-1-3-8(6)10-5-7/h2-3,5-6H,4,7H2,1H3,(H,13,15);1-2,4-5H,3H2,(H,11,12). The maximum atomic E-state index is 11.7. The summed E-state index contributed by atoms with van der Waals surface area (Å²) in [6.07, 6.45) is 12.4. The highest BCUT2D eigenvalue weighted by Crippen LogP contribution is 2.18. The van der Waals surface area contributed by atoms with Crippen molar-refractivity contribution in [3.8, 4) is 0 Å². The van der Waals surface area contributed by atoms with Crippen LogP contribution in [-0.2, 0) is 17.6 Å². The normalized spacial score (nSPS) is 12.6. The molecule has 0 saturated carbocycles. The van der Waals surface area contributed by atoms with Gasteiger partial charge in [-0.15, -0.1) is 0 Å². The highest BCUT2D eigenvalue weighted by Gasteiger charge is 2.12. The van der Waals surface area contributed by atoms with E-state index in [9.17, 15) is 14.4 Å². The number of amides is 1. The van der Waals surface area contributed by atoms with E-state index in [0.717, 1.165) is 35.4 Å². The summed E-state index contributed by atoms with van der Waals surface area (Å²) in [5.74, 6) is -1.25. The lowest BCUT2D eigenvalue weighted by molar-refractivity contribution is -0.118. The van der Waals surface area contributed by atoms with Crippen LogP contribution in [0.5, 0.6) is 0 Å². The number of hydrogen-bond donors (Lipinski definition) is 2. The number of hydrogen-bond acceptors (Lipinski definition) is 5. The summed E-state index contributed by atoms with van der Waals surface area (Å²) in [6, 6.07) is 3.46. The Morgan fingerprint density at radius 3 is 2.04 bits per heavy atom. The van der Waals surface area contributed by atoms with Gasteiger partial charge in [-0.1, -0.05) is 24.3 Å². The molecule has 142 valence electrons. The molecule has 0 bridgehead atoms. The highest BCUT2D eigenvalue weighted by atomic mass is 16.4. The summed E-state index contributed by atoms with van der Waals surface area (Å²) in [6.45, 7) is 1.41. The first-order chi connectivity index (χ1) is 13.4. The lowest BCUT2D eigenvalue weighted by Gasteiger charge is -2.03. The second-order valence-electron chi connectivity index (χ2n) is 6.37. The van der Waals surface area contributed by atoms with Crippen LogP contribution in [0.25, 0.3) is 12.2 Å². The number of aromatic carboxylic acids is 1. The molecule has 7 heteroatoms. The van der Waals surface area contributed by atoms with E-state index in [1.165, 1.54) is 13.1 Å². The Morgan fingerprint density at radius 1 is 0.964 bits per heavy atom. The van der Waals surface area contributed by atoms with E-state index >= 15 is 0 Å². The number of Topliss-reactive ketones (excluding diaryl/α,β-unsaturated/α-hetero) is 1. The summed E-state index contributed by atoms with van der Waals surface area (Å²) < 4.78 is 0. The zero-order chi connectivity index (χ0) is 20.1. The van der Waals surface area contributed by atoms with Crippen molar-refractivity contribution in [3.63, 3.8) is 0 Å². The van der Waals surface area contributed by atoms with E-state index in [1.54, 1.807) is 12.3 Å². The predicted octanol–water partition coefficient (Wildman–Crippen LogP) is 2.32. The van der Waals surface area contributed by atoms with Crippen molar-refractivity contribution in [2.45, 2.75) is 19.8 Å². The van der Waals surface area contributed by atoms with E-state index < -0.39 is 5.97 Å². The van der Waals surface area contributed by atoms with Gasteiger partial charge in [-0.2, -0.15) is 0 Å². The molecule has 0 spiro atoms. The summed E-state index contributed by atoms with van der Waals surface area (Å²) >= 11 is 0. The number of carboxylic acids is 1. The van der Waals surface area contributed by atoms with Crippen molar-refractivity contribution in [2.24, 2.45) is 0 Å². The smallest absolute Gasteiger partial charge is 0.337 e. The number of carbonyl (C=O) groups excluding carboxylic acids is 2. The highest BCUT2D eigenvalue weighted by molar-refractivity contribution is 5.99. The summed E-state index contributed by atoms with van der Waals surface area (Å²) in [7, 11) is 0. The number of aromatic nitrogens is 2. The molecule has 2 N–H and O–H groups in total. The molecule has 28 heavy (non-hydrogen) atoms. The van der Waals surface area contributed by atoms with Crippen molar-refractivity contribution in [1.29, 1.82) is 0 Å². The van der Waals surface area contributed by atoms with E-state index in [0.29, 0.717) is 5.56 Å². The second kappa shape index (κ2) is 8.39. The zero-order valence-corrected chi connectivity index (χ0v) is 15.3. The predicted molar refractivity (Wildman–Crippen MR) is 104 cm³/mol. The number of rotatable bonds is 4. The maximum absolute atomic E-state index is 11.7. The maximum Gasteiger partial charge on any atom is 0.337 e. The van der Waals surface area contributed by atoms with Crippen LogP contribution in [0.4, 0.5) is 0 Å². The fourth-order valence-corrected chi connectivity index (χ4v) is 2.82. The average Bonchev–Trinajstić information content (AvgIpc) is 3.34. The molecule has 1 amide bonds. The average molecular weight is 377 g/mol. The molecule has 0 aromatic carbocycles. The van der Waals surface area contributed by atoms with Crippen LogP contribution >= 0.6 is 0 Å². The molecule has 0 saturated heterocycles. The minimum Gasteiger partial charge on any atom is -0.478 e. The summed E-state index contributed by atoms with van der Waals surface area (Å²) in [5.41, 5.74) is 4.67. The van der Waals surface area contributed by atoms with E-state index in [1.807, 2.05) is 30.4 Å². The van der Waals surface area contributed by atoms with E-state index in [-0.39, 0.29) is 23.8 Å². The quantitative estimate of drug-likeness (QED) is 0.792. The molecule has 4 rings (SSSR count). The minimum absolute atomic E-state index is 0.0273.